The highest BCUT2D eigenvalue weighted by atomic mass is 16.5. The molecular formula is C23H33N3O3. The van der Waals surface area contributed by atoms with Gasteiger partial charge in [0.05, 0.1) is 11.7 Å². The fourth-order valence-corrected chi connectivity index (χ4v) is 3.97. The summed E-state index contributed by atoms with van der Waals surface area (Å²) >= 11 is 0. The van der Waals surface area contributed by atoms with Crippen LogP contribution in [0.15, 0.2) is 23.9 Å². The third kappa shape index (κ3) is 4.70. The molecule has 2 amide bonds. The highest BCUT2D eigenvalue weighted by Crippen LogP contribution is 2.34. The largest absolute Gasteiger partial charge is 0.379 e. The number of benzene rings is 1. The number of imide groups is 1. The number of carbonyl (C=O) groups is 2. The molecule has 0 unspecified atom stereocenters. The maximum absolute atomic E-state index is 13.4. The third-order valence-electron chi connectivity index (χ3n) is 5.59. The monoisotopic (exact) mass is 399 g/mol. The number of rotatable bonds is 7. The summed E-state index contributed by atoms with van der Waals surface area (Å²) in [5.41, 5.74) is 4.16. The van der Waals surface area contributed by atoms with E-state index in [0.29, 0.717) is 30.8 Å². The number of likely N-dealkylation sites (N-methyl/N-ethyl adjacent to an activating group) is 1. The van der Waals surface area contributed by atoms with Gasteiger partial charge in [-0.05, 0) is 52.3 Å². The van der Waals surface area contributed by atoms with Crippen LogP contribution in [0, 0.1) is 13.8 Å². The van der Waals surface area contributed by atoms with E-state index in [1.165, 1.54) is 4.90 Å². The van der Waals surface area contributed by atoms with E-state index in [1.807, 2.05) is 39.8 Å². The van der Waals surface area contributed by atoms with Gasteiger partial charge in [0.25, 0.3) is 11.8 Å². The van der Waals surface area contributed by atoms with Crippen molar-refractivity contribution in [1.82, 2.24) is 14.7 Å². The summed E-state index contributed by atoms with van der Waals surface area (Å²) in [6, 6.07) is 6.06. The fraction of sp³-hybridized carbons (Fsp3) is 0.565. The molecule has 6 heteroatoms. The molecule has 0 bridgehead atoms. The van der Waals surface area contributed by atoms with Crippen molar-refractivity contribution in [3.63, 3.8) is 0 Å². The Morgan fingerprint density at radius 2 is 1.72 bits per heavy atom. The number of aryl methyl sites for hydroxylation is 2. The van der Waals surface area contributed by atoms with Gasteiger partial charge in [-0.15, -0.1) is 0 Å². The van der Waals surface area contributed by atoms with Gasteiger partial charge in [-0.1, -0.05) is 23.8 Å². The van der Waals surface area contributed by atoms with Gasteiger partial charge >= 0.3 is 0 Å². The second kappa shape index (κ2) is 9.09. The molecule has 2 heterocycles. The Bertz CT molecular complexity index is 808. The van der Waals surface area contributed by atoms with Crippen LogP contribution in [0.1, 0.15) is 37.0 Å². The minimum absolute atomic E-state index is 0.143. The Labute approximate surface area is 174 Å². The fourth-order valence-electron chi connectivity index (χ4n) is 3.97. The second-order valence-corrected chi connectivity index (χ2v) is 8.37. The Morgan fingerprint density at radius 1 is 1.03 bits per heavy atom. The molecule has 6 nitrogen and oxygen atoms in total. The molecule has 0 atom stereocenters. The van der Waals surface area contributed by atoms with Crippen molar-refractivity contribution < 1.29 is 14.3 Å². The maximum Gasteiger partial charge on any atom is 0.277 e. The molecule has 1 aromatic carbocycles. The molecule has 1 saturated heterocycles. The van der Waals surface area contributed by atoms with Crippen molar-refractivity contribution in [3.8, 4) is 0 Å². The van der Waals surface area contributed by atoms with Crippen LogP contribution in [0.5, 0.6) is 0 Å². The van der Waals surface area contributed by atoms with E-state index in [1.54, 1.807) is 0 Å². The first-order valence-electron chi connectivity index (χ1n) is 10.5. The molecule has 2 aliphatic heterocycles. The van der Waals surface area contributed by atoms with Crippen LogP contribution in [0.4, 0.5) is 0 Å². The molecule has 0 N–H and O–H groups in total. The second-order valence-electron chi connectivity index (χ2n) is 8.37. The molecule has 1 fully saturated rings. The Hall–Kier alpha value is -2.18. The molecule has 1 aromatic rings. The first-order valence-corrected chi connectivity index (χ1v) is 10.5. The lowest BCUT2D eigenvalue weighted by atomic mass is 9.97. The smallest absolute Gasteiger partial charge is 0.277 e. The van der Waals surface area contributed by atoms with E-state index in [-0.39, 0.29) is 17.9 Å². The van der Waals surface area contributed by atoms with Gasteiger partial charge in [0.15, 0.2) is 0 Å². The van der Waals surface area contributed by atoms with Crippen LogP contribution < -0.4 is 0 Å². The van der Waals surface area contributed by atoms with E-state index in [9.17, 15) is 9.59 Å². The van der Waals surface area contributed by atoms with Gasteiger partial charge in [-0.25, -0.2) is 0 Å². The molecule has 158 valence electrons. The molecule has 0 radical (unpaired) electrons. The van der Waals surface area contributed by atoms with Crippen molar-refractivity contribution in [3.05, 3.63) is 40.6 Å². The molecule has 0 aromatic heterocycles. The molecule has 3 rings (SSSR count). The normalized spacial score (nSPS) is 18.6. The number of amides is 2. The van der Waals surface area contributed by atoms with Crippen LogP contribution in [-0.4, -0.2) is 79.0 Å². The van der Waals surface area contributed by atoms with Gasteiger partial charge in [0, 0.05) is 39.3 Å². The summed E-state index contributed by atoms with van der Waals surface area (Å²) in [5, 5.41) is 0. The number of carbonyl (C=O) groups excluding carboxylic acids is 2. The number of ether oxygens (including phenoxy) is 1. The van der Waals surface area contributed by atoms with E-state index < -0.39 is 0 Å². The van der Waals surface area contributed by atoms with Crippen LogP contribution in [0.2, 0.25) is 0 Å². The van der Waals surface area contributed by atoms with Crippen molar-refractivity contribution in [2.24, 2.45) is 0 Å². The van der Waals surface area contributed by atoms with Gasteiger partial charge in [-0.3, -0.25) is 14.5 Å². The topological polar surface area (TPSA) is 53.1 Å². The predicted octanol–water partition coefficient (Wildman–Crippen LogP) is 2.45. The number of nitrogens with zero attached hydrogens (tertiary/aromatic N) is 3. The summed E-state index contributed by atoms with van der Waals surface area (Å²) in [6.45, 7) is 12.2. The van der Waals surface area contributed by atoms with Gasteiger partial charge in [0.2, 0.25) is 0 Å². The van der Waals surface area contributed by atoms with Gasteiger partial charge in [0.1, 0.15) is 5.70 Å². The van der Waals surface area contributed by atoms with Crippen LogP contribution in [-0.2, 0) is 14.3 Å². The minimum atomic E-state index is -0.180. The summed E-state index contributed by atoms with van der Waals surface area (Å²) in [4.78, 5) is 32.5. The zero-order chi connectivity index (χ0) is 21.1. The summed E-state index contributed by atoms with van der Waals surface area (Å²) in [7, 11) is 2.08. The van der Waals surface area contributed by atoms with E-state index in [0.717, 1.165) is 42.9 Å². The Balaban J connectivity index is 1.91. The molecular weight excluding hydrogens is 366 g/mol. The lowest BCUT2D eigenvalue weighted by molar-refractivity contribution is -0.137. The lowest BCUT2D eigenvalue weighted by Crippen LogP contribution is -2.46. The average molecular weight is 400 g/mol. The first-order chi connectivity index (χ1) is 13.8. The summed E-state index contributed by atoms with van der Waals surface area (Å²) in [5.74, 6) is -0.348. The van der Waals surface area contributed by atoms with Crippen molar-refractivity contribution in [1.29, 1.82) is 0 Å². The summed E-state index contributed by atoms with van der Waals surface area (Å²) < 4.78 is 5.59. The summed E-state index contributed by atoms with van der Waals surface area (Å²) in [6.07, 6.45) is 0.788. The third-order valence-corrected chi connectivity index (χ3v) is 5.59. The van der Waals surface area contributed by atoms with Gasteiger partial charge in [-0.2, -0.15) is 0 Å². The lowest BCUT2D eigenvalue weighted by Gasteiger charge is -2.34. The van der Waals surface area contributed by atoms with Gasteiger partial charge < -0.3 is 14.5 Å². The van der Waals surface area contributed by atoms with Crippen molar-refractivity contribution in [2.45, 2.75) is 40.2 Å². The highest BCUT2D eigenvalue weighted by Gasteiger charge is 2.42. The zero-order valence-electron chi connectivity index (χ0n) is 18.3. The van der Waals surface area contributed by atoms with Crippen LogP contribution in [0.3, 0.4) is 0 Å². The highest BCUT2D eigenvalue weighted by molar-refractivity contribution is 6.35. The van der Waals surface area contributed by atoms with Crippen LogP contribution in [0.25, 0.3) is 5.57 Å². The number of piperazine rings is 1. The average Bonchev–Trinajstić information content (AvgIpc) is 2.90. The molecule has 0 saturated carbocycles. The predicted molar refractivity (Wildman–Crippen MR) is 114 cm³/mol. The number of hydrogen-bond acceptors (Lipinski definition) is 5. The maximum atomic E-state index is 13.4. The SMILES string of the molecule is Cc1ccc(C2=C(N3CCN(C)CC3)C(=O)N(CCCOC(C)C)C2=O)c(C)c1. The Kier molecular flexibility index (Phi) is 6.75. The van der Waals surface area contributed by atoms with E-state index >= 15 is 0 Å². The first kappa shape index (κ1) is 21.5. The quantitative estimate of drug-likeness (QED) is 0.521. The minimum Gasteiger partial charge on any atom is -0.379 e. The standard InChI is InChI=1S/C23H33N3O3/c1-16(2)29-14-6-9-26-22(27)20(19-8-7-17(3)15-18(19)4)21(23(26)28)25-12-10-24(5)11-13-25/h7-8,15-16H,6,9-14H2,1-5H3. The molecule has 0 spiro atoms. The molecule has 0 aliphatic carbocycles. The molecule has 29 heavy (non-hydrogen) atoms. The van der Waals surface area contributed by atoms with E-state index in [2.05, 4.69) is 22.9 Å². The Morgan fingerprint density at radius 3 is 2.34 bits per heavy atom. The molecule has 2 aliphatic rings. The zero-order valence-corrected chi connectivity index (χ0v) is 18.3. The van der Waals surface area contributed by atoms with Crippen molar-refractivity contribution in [2.75, 3.05) is 46.4 Å². The van der Waals surface area contributed by atoms with Crippen LogP contribution >= 0.6 is 0 Å². The number of hydrogen-bond donors (Lipinski definition) is 0. The van der Waals surface area contributed by atoms with E-state index in [4.69, 9.17) is 4.74 Å². The van der Waals surface area contributed by atoms with Crippen molar-refractivity contribution >= 4 is 17.4 Å².